The summed E-state index contributed by atoms with van der Waals surface area (Å²) in [6.07, 6.45) is 2.18. The van der Waals surface area contributed by atoms with E-state index in [-0.39, 0.29) is 12.1 Å². The van der Waals surface area contributed by atoms with Gasteiger partial charge in [0, 0.05) is 27.4 Å². The van der Waals surface area contributed by atoms with Crippen molar-refractivity contribution < 1.29 is 19.0 Å². The maximum Gasteiger partial charge on any atom is 0.338 e. The minimum absolute atomic E-state index is 0.0896. The summed E-state index contributed by atoms with van der Waals surface area (Å²) in [5.41, 5.74) is 6.00. The highest BCUT2D eigenvalue weighted by Gasteiger charge is 2.27. The van der Waals surface area contributed by atoms with Gasteiger partial charge in [0.2, 0.25) is 0 Å². The number of nitrogens with one attached hydrogen (secondary N) is 1. The number of carbonyl (C=O) groups excluding carboxylic acids is 1. The van der Waals surface area contributed by atoms with Crippen LogP contribution in [0.2, 0.25) is 5.02 Å². The Morgan fingerprint density at radius 1 is 0.971 bits per heavy atom. The van der Waals surface area contributed by atoms with Crippen molar-refractivity contribution >= 4 is 28.8 Å². The Morgan fingerprint density at radius 3 is 2.38 bits per heavy atom. The zero-order valence-corrected chi connectivity index (χ0v) is 20.7. The number of carbonyl (C=O) groups is 1. The summed E-state index contributed by atoms with van der Waals surface area (Å²) in [6.45, 7) is 6.41. The van der Waals surface area contributed by atoms with Crippen LogP contribution in [0.5, 0.6) is 11.5 Å². The van der Waals surface area contributed by atoms with Crippen molar-refractivity contribution in [2.45, 2.75) is 32.9 Å². The van der Waals surface area contributed by atoms with Gasteiger partial charge < -0.3 is 19.5 Å². The quantitative estimate of drug-likeness (QED) is 0.388. The van der Waals surface area contributed by atoms with E-state index in [1.165, 1.54) is 0 Å². The molecule has 0 aromatic heterocycles. The van der Waals surface area contributed by atoms with Crippen LogP contribution in [0.15, 0.2) is 60.7 Å². The van der Waals surface area contributed by atoms with Crippen LogP contribution in [0.3, 0.4) is 0 Å². The van der Waals surface area contributed by atoms with Crippen LogP contribution in [0.4, 0.5) is 5.69 Å². The summed E-state index contributed by atoms with van der Waals surface area (Å²) in [7, 11) is 3.21. The molecular formula is C28H28ClNO4. The Labute approximate surface area is 205 Å². The number of anilines is 1. The number of halogens is 1. The third kappa shape index (κ3) is 4.75. The second kappa shape index (κ2) is 9.43. The van der Waals surface area contributed by atoms with Gasteiger partial charge in [0.1, 0.15) is 18.1 Å². The molecule has 1 heterocycles. The van der Waals surface area contributed by atoms with Gasteiger partial charge in [0.25, 0.3) is 0 Å². The summed E-state index contributed by atoms with van der Waals surface area (Å²) >= 11 is 6.34. The van der Waals surface area contributed by atoms with Crippen molar-refractivity contribution in [3.8, 4) is 22.6 Å². The van der Waals surface area contributed by atoms with Crippen LogP contribution in [0, 0.1) is 0 Å². The fraction of sp³-hybridized carbons (Fsp3) is 0.250. The van der Waals surface area contributed by atoms with Crippen LogP contribution in [0.1, 0.15) is 42.3 Å². The molecule has 5 nitrogen and oxygen atoms in total. The number of benzene rings is 3. The number of ether oxygens (including phenoxy) is 3. The Morgan fingerprint density at radius 2 is 1.71 bits per heavy atom. The average Bonchev–Trinajstić information content (AvgIpc) is 2.81. The summed E-state index contributed by atoms with van der Waals surface area (Å²) < 4.78 is 16.6. The van der Waals surface area contributed by atoms with E-state index in [0.29, 0.717) is 22.1 Å². The van der Waals surface area contributed by atoms with Gasteiger partial charge in [-0.1, -0.05) is 23.7 Å². The van der Waals surface area contributed by atoms with E-state index < -0.39 is 5.97 Å². The summed E-state index contributed by atoms with van der Waals surface area (Å²) in [4.78, 5) is 12.9. The highest BCUT2D eigenvalue weighted by Crippen LogP contribution is 2.43. The first-order valence-corrected chi connectivity index (χ1v) is 11.4. The predicted octanol–water partition coefficient (Wildman–Crippen LogP) is 6.99. The van der Waals surface area contributed by atoms with E-state index in [4.69, 9.17) is 25.8 Å². The lowest BCUT2D eigenvalue weighted by atomic mass is 9.85. The van der Waals surface area contributed by atoms with Crippen LogP contribution in [0.25, 0.3) is 16.7 Å². The summed E-state index contributed by atoms with van der Waals surface area (Å²) in [5, 5.41) is 4.17. The molecule has 6 heteroatoms. The molecule has 3 aromatic rings. The molecule has 1 aliphatic heterocycles. The van der Waals surface area contributed by atoms with Crippen LogP contribution >= 0.6 is 11.6 Å². The number of hydrogen-bond donors (Lipinski definition) is 1. The van der Waals surface area contributed by atoms with Crippen molar-refractivity contribution in [3.05, 3.63) is 82.4 Å². The number of fused-ring (bicyclic) bond motifs is 1. The van der Waals surface area contributed by atoms with Gasteiger partial charge in [-0.3, -0.25) is 0 Å². The van der Waals surface area contributed by atoms with Gasteiger partial charge in [-0.05, 0) is 80.4 Å². The number of methoxy groups -OCH3 is 2. The minimum atomic E-state index is -0.407. The number of rotatable bonds is 6. The zero-order valence-electron chi connectivity index (χ0n) is 20.0. The molecule has 3 aromatic carbocycles. The number of esters is 1. The van der Waals surface area contributed by atoms with E-state index in [9.17, 15) is 4.79 Å². The van der Waals surface area contributed by atoms with E-state index in [2.05, 4.69) is 38.2 Å². The highest BCUT2D eigenvalue weighted by atomic mass is 35.5. The fourth-order valence-electron chi connectivity index (χ4n) is 4.44. The molecule has 0 fully saturated rings. The summed E-state index contributed by atoms with van der Waals surface area (Å²) in [6, 6.07) is 16.4. The van der Waals surface area contributed by atoms with Gasteiger partial charge in [-0.2, -0.15) is 0 Å². The molecule has 0 unspecified atom stereocenters. The molecule has 1 aliphatic rings. The molecule has 0 amide bonds. The minimum Gasteiger partial charge on any atom is -0.497 e. The second-order valence-electron chi connectivity index (χ2n) is 8.84. The first-order valence-electron chi connectivity index (χ1n) is 11.0. The molecule has 0 spiro atoms. The first-order chi connectivity index (χ1) is 16.2. The maximum absolute atomic E-state index is 12.9. The van der Waals surface area contributed by atoms with Gasteiger partial charge >= 0.3 is 5.97 Å². The Balaban J connectivity index is 1.79. The molecule has 4 rings (SSSR count). The van der Waals surface area contributed by atoms with Crippen molar-refractivity contribution in [1.82, 2.24) is 0 Å². The topological polar surface area (TPSA) is 56.8 Å². The molecule has 0 saturated heterocycles. The van der Waals surface area contributed by atoms with E-state index in [1.54, 1.807) is 44.6 Å². The molecule has 0 radical (unpaired) electrons. The van der Waals surface area contributed by atoms with Gasteiger partial charge in [-0.25, -0.2) is 4.79 Å². The van der Waals surface area contributed by atoms with Crippen LogP contribution in [-0.4, -0.2) is 25.7 Å². The molecule has 176 valence electrons. The summed E-state index contributed by atoms with van der Waals surface area (Å²) in [5.74, 6) is 0.964. The standard InChI is InChI=1S/C28H28ClNO4/c1-17-15-28(2,3)30-24-12-11-21(22-14-19(29)8-13-25(22)33-5)23(26(17)24)16-34-27(31)18-6-9-20(32-4)10-7-18/h6-15,30H,16H2,1-5H3. The van der Waals surface area contributed by atoms with Gasteiger partial charge in [0.15, 0.2) is 0 Å². The number of allylic oxidation sites excluding steroid dienone is 1. The molecular weight excluding hydrogens is 450 g/mol. The Bertz CT molecular complexity index is 1260. The maximum atomic E-state index is 12.9. The first kappa shape index (κ1) is 23.7. The lowest BCUT2D eigenvalue weighted by Gasteiger charge is -2.33. The van der Waals surface area contributed by atoms with E-state index >= 15 is 0 Å². The van der Waals surface area contributed by atoms with Crippen molar-refractivity contribution in [2.24, 2.45) is 0 Å². The lowest BCUT2D eigenvalue weighted by molar-refractivity contribution is 0.0473. The largest absolute Gasteiger partial charge is 0.497 e. The van der Waals surface area contributed by atoms with Crippen LogP contribution < -0.4 is 14.8 Å². The van der Waals surface area contributed by atoms with E-state index in [0.717, 1.165) is 33.5 Å². The van der Waals surface area contributed by atoms with Crippen LogP contribution in [-0.2, 0) is 11.3 Å². The average molecular weight is 478 g/mol. The lowest BCUT2D eigenvalue weighted by Crippen LogP contribution is -2.32. The SMILES string of the molecule is COc1ccc(C(=O)OCc2c(-c3cc(Cl)ccc3OC)ccc3c2C(C)=CC(C)(C)N3)cc1. The van der Waals surface area contributed by atoms with Crippen molar-refractivity contribution in [2.75, 3.05) is 19.5 Å². The Hall–Kier alpha value is -3.44. The monoisotopic (exact) mass is 477 g/mol. The van der Waals surface area contributed by atoms with Crippen molar-refractivity contribution in [1.29, 1.82) is 0 Å². The Kier molecular flexibility index (Phi) is 6.58. The van der Waals surface area contributed by atoms with E-state index in [1.807, 2.05) is 18.2 Å². The molecule has 0 atom stereocenters. The third-order valence-corrected chi connectivity index (χ3v) is 6.10. The molecule has 0 bridgehead atoms. The van der Waals surface area contributed by atoms with Gasteiger partial charge in [0.05, 0.1) is 25.3 Å². The predicted molar refractivity (Wildman–Crippen MR) is 137 cm³/mol. The van der Waals surface area contributed by atoms with Gasteiger partial charge in [-0.15, -0.1) is 0 Å². The molecule has 0 aliphatic carbocycles. The zero-order chi connectivity index (χ0) is 24.5. The second-order valence-corrected chi connectivity index (χ2v) is 9.27. The normalized spacial score (nSPS) is 13.9. The van der Waals surface area contributed by atoms with Crippen molar-refractivity contribution in [3.63, 3.8) is 0 Å². The molecule has 34 heavy (non-hydrogen) atoms. The third-order valence-electron chi connectivity index (χ3n) is 5.87. The molecule has 1 N–H and O–H groups in total. The fourth-order valence-corrected chi connectivity index (χ4v) is 4.61. The smallest absolute Gasteiger partial charge is 0.338 e. The highest BCUT2D eigenvalue weighted by molar-refractivity contribution is 6.31. The number of hydrogen-bond acceptors (Lipinski definition) is 5. The molecule has 0 saturated carbocycles.